The van der Waals surface area contributed by atoms with E-state index < -0.39 is 0 Å². The summed E-state index contributed by atoms with van der Waals surface area (Å²) < 4.78 is 5.18. The molecule has 2 nitrogen and oxygen atoms in total. The lowest BCUT2D eigenvalue weighted by atomic mass is 9.92. The Bertz CT molecular complexity index is 552. The Morgan fingerprint density at radius 2 is 1.41 bits per heavy atom. The van der Waals surface area contributed by atoms with Crippen LogP contribution in [0.1, 0.15) is 24.0 Å². The Kier molecular flexibility index (Phi) is 8.98. The predicted molar refractivity (Wildman–Crippen MR) is 96.2 cm³/mol. The van der Waals surface area contributed by atoms with Crippen molar-refractivity contribution >= 4 is 23.2 Å². The average molecular weight is 340 g/mol. The highest BCUT2D eigenvalue weighted by molar-refractivity contribution is 6.41. The van der Waals surface area contributed by atoms with Crippen LogP contribution in [0, 0.1) is 0 Å². The molecule has 2 N–H and O–H groups in total. The molecule has 22 heavy (non-hydrogen) atoms. The molecule has 0 heterocycles. The van der Waals surface area contributed by atoms with Crippen molar-refractivity contribution in [2.45, 2.75) is 25.7 Å². The van der Waals surface area contributed by atoms with Crippen molar-refractivity contribution in [1.82, 2.24) is 0 Å². The Labute approximate surface area is 143 Å². The molecule has 0 saturated carbocycles. The monoisotopic (exact) mass is 339 g/mol. The highest BCUT2D eigenvalue weighted by atomic mass is 35.5. The minimum Gasteiger partial charge on any atom is -0.497 e. The van der Waals surface area contributed by atoms with Gasteiger partial charge in [-0.3, -0.25) is 0 Å². The highest BCUT2D eigenvalue weighted by Crippen LogP contribution is 2.24. The molecule has 2 aromatic rings. The predicted octanol–water partition coefficient (Wildman–Crippen LogP) is 5.14. The number of ether oxygens (including phenoxy) is 1. The van der Waals surface area contributed by atoms with Gasteiger partial charge >= 0.3 is 0 Å². The normalized spacial score (nSPS) is 12.0. The smallest absolute Gasteiger partial charge is 0.119 e. The van der Waals surface area contributed by atoms with Crippen LogP contribution in [0.15, 0.2) is 42.5 Å². The second-order valence-corrected chi connectivity index (χ2v) is 5.57. The topological polar surface area (TPSA) is 35.2 Å². The van der Waals surface area contributed by atoms with Crippen molar-refractivity contribution < 1.29 is 4.74 Å². The van der Waals surface area contributed by atoms with Gasteiger partial charge in [0.25, 0.3) is 0 Å². The molecule has 120 valence electrons. The number of fused-ring (bicyclic) bond motifs is 1. The van der Waals surface area contributed by atoms with E-state index in [4.69, 9.17) is 27.9 Å². The van der Waals surface area contributed by atoms with Gasteiger partial charge in [0.15, 0.2) is 0 Å². The molecule has 3 rings (SSSR count). The third-order valence-electron chi connectivity index (χ3n) is 3.38. The van der Waals surface area contributed by atoms with Crippen LogP contribution in [0.25, 0.3) is 0 Å². The summed E-state index contributed by atoms with van der Waals surface area (Å²) in [6, 6.07) is 13.6. The number of hydrogen-bond acceptors (Lipinski definition) is 2. The molecular formula is C18H23Cl2NO. The van der Waals surface area contributed by atoms with E-state index >= 15 is 0 Å². The lowest BCUT2D eigenvalue weighted by molar-refractivity contribution is 0.413. The van der Waals surface area contributed by atoms with Gasteiger partial charge in [0.2, 0.25) is 0 Å². The fourth-order valence-electron chi connectivity index (χ4n) is 2.28. The van der Waals surface area contributed by atoms with Gasteiger partial charge in [0, 0.05) is 0 Å². The zero-order valence-corrected chi connectivity index (χ0v) is 14.6. The van der Waals surface area contributed by atoms with Crippen molar-refractivity contribution in [3.05, 3.63) is 63.6 Å². The van der Waals surface area contributed by atoms with E-state index in [0.717, 1.165) is 5.75 Å². The first-order chi connectivity index (χ1) is 10.7. The quantitative estimate of drug-likeness (QED) is 0.780. The van der Waals surface area contributed by atoms with Crippen LogP contribution in [-0.4, -0.2) is 14.2 Å². The van der Waals surface area contributed by atoms with Gasteiger partial charge in [0.1, 0.15) is 5.75 Å². The molecule has 0 unspecified atom stereocenters. The summed E-state index contributed by atoms with van der Waals surface area (Å²) in [5, 5.41) is 1.21. The molecule has 0 fully saturated rings. The van der Waals surface area contributed by atoms with Crippen molar-refractivity contribution in [2.24, 2.45) is 5.73 Å². The van der Waals surface area contributed by atoms with E-state index in [2.05, 4.69) is 23.9 Å². The van der Waals surface area contributed by atoms with Crippen LogP contribution in [0.4, 0.5) is 0 Å². The summed E-state index contributed by atoms with van der Waals surface area (Å²) in [6.45, 7) is 0. The molecule has 0 radical (unpaired) electrons. The molecule has 0 bridgehead atoms. The molecular weight excluding hydrogens is 317 g/mol. The Balaban J connectivity index is 0.000000211. The molecule has 0 aliphatic heterocycles. The van der Waals surface area contributed by atoms with Crippen LogP contribution < -0.4 is 10.5 Å². The third kappa shape index (κ3) is 5.88. The Morgan fingerprint density at radius 1 is 0.864 bits per heavy atom. The number of halogens is 2. The maximum Gasteiger partial charge on any atom is 0.119 e. The Morgan fingerprint density at radius 3 is 1.91 bits per heavy atom. The molecule has 1 aliphatic carbocycles. The van der Waals surface area contributed by atoms with Gasteiger partial charge in [-0.1, -0.05) is 41.4 Å². The summed E-state index contributed by atoms with van der Waals surface area (Å²) >= 11 is 11.2. The first kappa shape index (κ1) is 18.8. The number of methoxy groups -OCH3 is 1. The zero-order chi connectivity index (χ0) is 16.4. The Hall–Kier alpha value is -1.22. The van der Waals surface area contributed by atoms with E-state index in [1.54, 1.807) is 19.2 Å². The number of hydrogen-bond donors (Lipinski definition) is 1. The maximum absolute atomic E-state index is 5.58. The lowest BCUT2D eigenvalue weighted by Crippen LogP contribution is -2.02. The fraction of sp³-hybridized carbons (Fsp3) is 0.333. The van der Waals surface area contributed by atoms with Gasteiger partial charge in [-0.25, -0.2) is 0 Å². The van der Waals surface area contributed by atoms with Crippen LogP contribution in [-0.2, 0) is 12.8 Å². The first-order valence-corrected chi connectivity index (χ1v) is 8.10. The average Bonchev–Trinajstić information content (AvgIpc) is 2.59. The number of aryl methyl sites for hydroxylation is 2. The molecule has 2 aromatic carbocycles. The summed E-state index contributed by atoms with van der Waals surface area (Å²) in [7, 11) is 3.23. The van der Waals surface area contributed by atoms with Gasteiger partial charge in [-0.2, -0.15) is 0 Å². The van der Waals surface area contributed by atoms with Gasteiger partial charge in [-0.15, -0.1) is 0 Å². The number of nitrogens with two attached hydrogens (primary N) is 1. The maximum atomic E-state index is 5.58. The van der Waals surface area contributed by atoms with Crippen LogP contribution in [0.2, 0.25) is 10.0 Å². The van der Waals surface area contributed by atoms with E-state index in [1.165, 1.54) is 43.9 Å². The van der Waals surface area contributed by atoms with Crippen molar-refractivity contribution in [3.8, 4) is 5.75 Å². The van der Waals surface area contributed by atoms with Crippen LogP contribution in [0.3, 0.4) is 0 Å². The third-order valence-corrected chi connectivity index (χ3v) is 4.14. The van der Waals surface area contributed by atoms with E-state index in [9.17, 15) is 0 Å². The molecule has 0 saturated heterocycles. The summed E-state index contributed by atoms with van der Waals surface area (Å²) in [5.74, 6) is 0.996. The SMILES string of the molecule is CN.COc1ccc2c(c1)CCCC2.Clc1ccccc1Cl. The first-order valence-electron chi connectivity index (χ1n) is 7.34. The van der Waals surface area contributed by atoms with Gasteiger partial charge in [-0.05, 0) is 68.1 Å². The highest BCUT2D eigenvalue weighted by Gasteiger charge is 2.08. The molecule has 1 aliphatic rings. The minimum atomic E-state index is 0.606. The van der Waals surface area contributed by atoms with Gasteiger partial charge < -0.3 is 10.5 Å². The molecule has 0 aromatic heterocycles. The number of benzene rings is 2. The van der Waals surface area contributed by atoms with E-state index in [1.807, 2.05) is 12.1 Å². The largest absolute Gasteiger partial charge is 0.497 e. The summed E-state index contributed by atoms with van der Waals surface area (Å²) in [5.41, 5.74) is 7.50. The molecule has 0 amide bonds. The molecule has 0 spiro atoms. The van der Waals surface area contributed by atoms with Crippen LogP contribution >= 0.6 is 23.2 Å². The van der Waals surface area contributed by atoms with Gasteiger partial charge in [0.05, 0.1) is 17.2 Å². The van der Waals surface area contributed by atoms with Crippen LogP contribution in [0.5, 0.6) is 5.75 Å². The van der Waals surface area contributed by atoms with E-state index in [-0.39, 0.29) is 0 Å². The fourth-order valence-corrected chi connectivity index (χ4v) is 2.55. The second kappa shape index (κ2) is 10.5. The molecule has 0 atom stereocenters. The van der Waals surface area contributed by atoms with Crippen molar-refractivity contribution in [2.75, 3.05) is 14.2 Å². The van der Waals surface area contributed by atoms with Crippen molar-refractivity contribution in [1.29, 1.82) is 0 Å². The summed E-state index contributed by atoms with van der Waals surface area (Å²) in [4.78, 5) is 0. The van der Waals surface area contributed by atoms with E-state index in [0.29, 0.717) is 10.0 Å². The van der Waals surface area contributed by atoms with Crippen molar-refractivity contribution in [3.63, 3.8) is 0 Å². The minimum absolute atomic E-state index is 0.606. The standard InChI is InChI=1S/C11H14O.C6H4Cl2.CH5N/c1-12-11-7-6-9-4-2-3-5-10(9)8-11;7-5-3-1-2-4-6(5)8;1-2/h6-8H,2-5H2,1H3;1-4H;2H2,1H3. The zero-order valence-electron chi connectivity index (χ0n) is 13.1. The molecule has 4 heteroatoms. The second-order valence-electron chi connectivity index (χ2n) is 4.76. The lowest BCUT2D eigenvalue weighted by Gasteiger charge is -2.15. The summed E-state index contributed by atoms with van der Waals surface area (Å²) in [6.07, 6.45) is 5.16. The number of rotatable bonds is 1.